The minimum atomic E-state index is -0.113. The smallest absolute Gasteiger partial charge is 0.125 e. The Morgan fingerprint density at radius 2 is 2.03 bits per heavy atom. The maximum absolute atomic E-state index is 13.7. The first-order valence-electron chi connectivity index (χ1n) is 11.6. The lowest BCUT2D eigenvalue weighted by atomic mass is 9.89. The third-order valence-electron chi connectivity index (χ3n) is 7.52. The van der Waals surface area contributed by atoms with Crippen molar-refractivity contribution >= 4 is 23.1 Å². The number of piperidine rings is 1. The summed E-state index contributed by atoms with van der Waals surface area (Å²) in [4.78, 5) is 9.32. The number of likely N-dealkylation sites (tertiary alicyclic amines) is 1. The molecular weight excluding hydrogens is 393 g/mol. The van der Waals surface area contributed by atoms with E-state index in [2.05, 4.69) is 32.9 Å². The summed E-state index contributed by atoms with van der Waals surface area (Å²) in [5.74, 6) is 1.80. The Morgan fingerprint density at radius 1 is 1.07 bits per heavy atom. The fourth-order valence-electron chi connectivity index (χ4n) is 6.15. The summed E-state index contributed by atoms with van der Waals surface area (Å²) in [6, 6.07) is 13.0. The van der Waals surface area contributed by atoms with Gasteiger partial charge in [-0.25, -0.2) is 4.39 Å². The van der Waals surface area contributed by atoms with Gasteiger partial charge in [-0.2, -0.15) is 0 Å². The highest BCUT2D eigenvalue weighted by Crippen LogP contribution is 2.50. The van der Waals surface area contributed by atoms with E-state index in [-0.39, 0.29) is 5.82 Å². The molecule has 0 aliphatic carbocycles. The van der Waals surface area contributed by atoms with Crippen LogP contribution in [0.25, 0.3) is 0 Å². The molecular formula is C25H30FN3S. The van der Waals surface area contributed by atoms with Gasteiger partial charge in [-0.05, 0) is 67.3 Å². The molecule has 1 fully saturated rings. The topological polar surface area (TPSA) is 9.72 Å². The van der Waals surface area contributed by atoms with Crippen LogP contribution in [0, 0.1) is 5.82 Å². The van der Waals surface area contributed by atoms with Crippen molar-refractivity contribution in [2.24, 2.45) is 0 Å². The van der Waals surface area contributed by atoms with E-state index in [1.807, 2.05) is 17.8 Å². The first-order valence-corrected chi connectivity index (χ1v) is 12.5. The van der Waals surface area contributed by atoms with Crippen LogP contribution in [0.3, 0.4) is 0 Å². The molecule has 0 amide bonds. The highest BCUT2D eigenvalue weighted by atomic mass is 32.2. The Bertz CT molecular complexity index is 948. The Hall–Kier alpha value is -1.72. The van der Waals surface area contributed by atoms with Crippen LogP contribution >= 0.6 is 11.8 Å². The minimum Gasteiger partial charge on any atom is -0.371 e. The normalized spacial score (nSPS) is 25.1. The van der Waals surface area contributed by atoms with E-state index < -0.39 is 0 Å². The molecule has 158 valence electrons. The molecule has 0 unspecified atom stereocenters. The molecule has 0 aromatic heterocycles. The number of halogens is 1. The lowest BCUT2D eigenvalue weighted by molar-refractivity contribution is 0.192. The number of hydrogen-bond donors (Lipinski definition) is 0. The van der Waals surface area contributed by atoms with Crippen molar-refractivity contribution in [3.63, 3.8) is 0 Å². The largest absolute Gasteiger partial charge is 0.371 e. The molecule has 30 heavy (non-hydrogen) atoms. The minimum absolute atomic E-state index is 0.113. The summed E-state index contributed by atoms with van der Waals surface area (Å²) in [5, 5.41) is 0. The van der Waals surface area contributed by atoms with Crippen LogP contribution in [-0.2, 0) is 6.42 Å². The summed E-state index contributed by atoms with van der Waals surface area (Å²) in [6.07, 6.45) is 4.78. The second-order valence-corrected chi connectivity index (χ2v) is 10.4. The number of hydrogen-bond acceptors (Lipinski definition) is 4. The van der Waals surface area contributed by atoms with Crippen molar-refractivity contribution in [3.05, 3.63) is 53.3 Å². The Kier molecular flexibility index (Phi) is 4.91. The van der Waals surface area contributed by atoms with Crippen molar-refractivity contribution in [2.75, 3.05) is 54.8 Å². The Morgan fingerprint density at radius 3 is 3.00 bits per heavy atom. The molecule has 0 radical (unpaired) electrons. The average molecular weight is 424 g/mol. The van der Waals surface area contributed by atoms with Crippen LogP contribution in [0.1, 0.15) is 36.3 Å². The molecule has 2 aromatic rings. The molecule has 6 rings (SSSR count). The van der Waals surface area contributed by atoms with Gasteiger partial charge in [-0.15, -0.1) is 11.8 Å². The Balaban J connectivity index is 1.11. The Labute approximate surface area is 183 Å². The fourth-order valence-corrected chi connectivity index (χ4v) is 7.19. The van der Waals surface area contributed by atoms with Gasteiger partial charge in [0, 0.05) is 55.3 Å². The molecule has 3 nitrogen and oxygen atoms in total. The van der Waals surface area contributed by atoms with Gasteiger partial charge in [0.2, 0.25) is 0 Å². The van der Waals surface area contributed by atoms with E-state index in [0.717, 1.165) is 38.2 Å². The molecule has 0 N–H and O–H groups in total. The third kappa shape index (κ3) is 3.21. The molecule has 5 heteroatoms. The van der Waals surface area contributed by atoms with Gasteiger partial charge < -0.3 is 14.7 Å². The van der Waals surface area contributed by atoms with Crippen molar-refractivity contribution in [3.8, 4) is 0 Å². The third-order valence-corrected chi connectivity index (χ3v) is 8.65. The molecule has 4 aliphatic rings. The number of anilines is 2. The average Bonchev–Trinajstić information content (AvgIpc) is 3.21. The second-order valence-electron chi connectivity index (χ2n) is 9.22. The molecule has 4 aliphatic heterocycles. The van der Waals surface area contributed by atoms with Gasteiger partial charge in [0.25, 0.3) is 0 Å². The van der Waals surface area contributed by atoms with Gasteiger partial charge in [-0.3, -0.25) is 0 Å². The van der Waals surface area contributed by atoms with Crippen LogP contribution in [-0.4, -0.2) is 56.0 Å². The molecule has 1 saturated heterocycles. The van der Waals surface area contributed by atoms with E-state index in [0.29, 0.717) is 12.0 Å². The van der Waals surface area contributed by atoms with Gasteiger partial charge >= 0.3 is 0 Å². The highest BCUT2D eigenvalue weighted by Gasteiger charge is 2.43. The maximum atomic E-state index is 13.7. The second kappa shape index (κ2) is 7.76. The van der Waals surface area contributed by atoms with Crippen LogP contribution in [0.5, 0.6) is 0 Å². The molecule has 0 bridgehead atoms. The van der Waals surface area contributed by atoms with Crippen molar-refractivity contribution in [2.45, 2.75) is 42.5 Å². The van der Waals surface area contributed by atoms with E-state index in [1.165, 1.54) is 48.7 Å². The van der Waals surface area contributed by atoms with E-state index >= 15 is 0 Å². The number of thioether (sulfide) groups is 1. The molecule has 2 aromatic carbocycles. The van der Waals surface area contributed by atoms with Crippen molar-refractivity contribution in [1.29, 1.82) is 0 Å². The summed E-state index contributed by atoms with van der Waals surface area (Å²) in [5.41, 5.74) is 5.58. The number of nitrogens with zero attached hydrogens (tertiary/aromatic N) is 3. The van der Waals surface area contributed by atoms with Gasteiger partial charge in [0.15, 0.2) is 0 Å². The molecule has 4 heterocycles. The first-order chi connectivity index (χ1) is 14.8. The summed E-state index contributed by atoms with van der Waals surface area (Å²) in [6.45, 7) is 6.83. The van der Waals surface area contributed by atoms with Gasteiger partial charge in [-0.1, -0.05) is 18.2 Å². The van der Waals surface area contributed by atoms with Gasteiger partial charge in [0.1, 0.15) is 5.82 Å². The van der Waals surface area contributed by atoms with E-state index in [9.17, 15) is 4.39 Å². The summed E-state index contributed by atoms with van der Waals surface area (Å²) < 4.78 is 13.7. The number of para-hydroxylation sites is 1. The number of benzene rings is 2. The molecule has 0 saturated carbocycles. The van der Waals surface area contributed by atoms with E-state index in [4.69, 9.17) is 0 Å². The molecule has 0 spiro atoms. The zero-order chi connectivity index (χ0) is 20.1. The SMILES string of the molecule is Fc1ccc2c(c1)N(CCCN1CC[C@H]3[C@@H](C1)c1cccc4c1N3CCCS4)CC2. The quantitative estimate of drug-likeness (QED) is 0.702. The van der Waals surface area contributed by atoms with Gasteiger partial charge in [0.05, 0.1) is 5.69 Å². The zero-order valence-electron chi connectivity index (χ0n) is 17.5. The number of fused-ring (bicyclic) bond motifs is 4. The monoisotopic (exact) mass is 423 g/mol. The fraction of sp³-hybridized carbons (Fsp3) is 0.520. The highest BCUT2D eigenvalue weighted by molar-refractivity contribution is 7.99. The van der Waals surface area contributed by atoms with E-state index in [1.54, 1.807) is 23.4 Å². The first kappa shape index (κ1) is 19.0. The zero-order valence-corrected chi connectivity index (χ0v) is 18.3. The van der Waals surface area contributed by atoms with Crippen LogP contribution in [0.15, 0.2) is 41.3 Å². The van der Waals surface area contributed by atoms with Crippen LogP contribution in [0.2, 0.25) is 0 Å². The number of rotatable bonds is 4. The summed E-state index contributed by atoms with van der Waals surface area (Å²) in [7, 11) is 0. The summed E-state index contributed by atoms with van der Waals surface area (Å²) >= 11 is 2.05. The van der Waals surface area contributed by atoms with Crippen molar-refractivity contribution in [1.82, 2.24) is 4.90 Å². The van der Waals surface area contributed by atoms with Crippen LogP contribution in [0.4, 0.5) is 15.8 Å². The molecule has 2 atom stereocenters. The standard InChI is InChI=1S/C25H30FN3S/c26-19-7-6-18-8-14-28(23(18)16-19)11-2-10-27-13-9-22-21(17-27)20-4-1-5-24-25(20)29(22)12-3-15-30-24/h1,4-7,16,21-22H,2-3,8-15,17H2/t21-,22-/m0/s1. The lowest BCUT2D eigenvalue weighted by Gasteiger charge is -2.39. The predicted molar refractivity (Wildman–Crippen MR) is 124 cm³/mol. The van der Waals surface area contributed by atoms with Crippen molar-refractivity contribution < 1.29 is 4.39 Å². The lowest BCUT2D eigenvalue weighted by Crippen LogP contribution is -2.47. The van der Waals surface area contributed by atoms with Crippen LogP contribution < -0.4 is 9.80 Å². The predicted octanol–water partition coefficient (Wildman–Crippen LogP) is 4.75. The maximum Gasteiger partial charge on any atom is 0.125 e.